The first-order valence-corrected chi connectivity index (χ1v) is 17.5. The van der Waals surface area contributed by atoms with Crippen molar-refractivity contribution in [2.24, 2.45) is 0 Å². The molecule has 2 aromatic heterocycles. The van der Waals surface area contributed by atoms with Gasteiger partial charge in [-0.1, -0.05) is 41.4 Å². The topological polar surface area (TPSA) is 127 Å². The molecule has 4 aromatic carbocycles. The van der Waals surface area contributed by atoms with Crippen LogP contribution in [0.3, 0.4) is 0 Å². The first-order valence-electron chi connectivity index (χ1n) is 15.7. The molecule has 0 radical (unpaired) electrons. The van der Waals surface area contributed by atoms with Crippen LogP contribution in [-0.4, -0.2) is 54.1 Å². The molecule has 6 aromatic rings. The highest BCUT2D eigenvalue weighted by Crippen LogP contribution is 2.33. The minimum absolute atomic E-state index is 0.0666. The molecule has 10 nitrogen and oxygen atoms in total. The largest absolute Gasteiger partial charge is 0.487 e. The van der Waals surface area contributed by atoms with E-state index >= 15 is 0 Å². The normalized spacial score (nSPS) is 13.4. The summed E-state index contributed by atoms with van der Waals surface area (Å²) in [5.41, 5.74) is 4.17. The molecule has 0 saturated carbocycles. The van der Waals surface area contributed by atoms with Crippen LogP contribution in [-0.2, 0) is 28.0 Å². The summed E-state index contributed by atoms with van der Waals surface area (Å²) in [6, 6.07) is 27.7. The number of aryl methyl sites for hydroxylation is 1. The molecule has 1 fully saturated rings. The quantitative estimate of drug-likeness (QED) is 0.142. The molecule has 1 aliphatic rings. The number of rotatable bonds is 9. The van der Waals surface area contributed by atoms with Gasteiger partial charge in [0.2, 0.25) is 0 Å². The number of benzene rings is 4. The molecule has 3 heterocycles. The molecule has 1 aliphatic heterocycles. The van der Waals surface area contributed by atoms with Crippen LogP contribution in [0.5, 0.6) is 5.75 Å². The second kappa shape index (κ2) is 15.8. The third-order valence-electron chi connectivity index (χ3n) is 7.86. The minimum Gasteiger partial charge on any atom is -0.487 e. The number of morpholine rings is 1. The van der Waals surface area contributed by atoms with Gasteiger partial charge < -0.3 is 19.2 Å². The lowest BCUT2D eigenvalue weighted by atomic mass is 10.1. The predicted molar refractivity (Wildman–Crippen MR) is 190 cm³/mol. The molecular weight excluding hydrogens is 683 g/mol. The summed E-state index contributed by atoms with van der Waals surface area (Å²) in [4.78, 5) is 11.2. The molecule has 0 spiro atoms. The van der Waals surface area contributed by atoms with Gasteiger partial charge in [0, 0.05) is 29.7 Å². The van der Waals surface area contributed by atoms with Crippen molar-refractivity contribution < 1.29 is 31.3 Å². The first-order chi connectivity index (χ1) is 24.1. The third-order valence-corrected chi connectivity index (χ3v) is 9.02. The summed E-state index contributed by atoms with van der Waals surface area (Å²) in [6.07, 6.45) is 1.52. The summed E-state index contributed by atoms with van der Waals surface area (Å²) in [5, 5.41) is 4.62. The molecule has 0 amide bonds. The fraction of sp³-hybridized carbons (Fsp3) is 0.189. The van der Waals surface area contributed by atoms with E-state index in [4.69, 9.17) is 30.0 Å². The number of nitrogens with zero attached hydrogens (tertiary/aromatic N) is 3. The van der Waals surface area contributed by atoms with E-state index in [1.165, 1.54) is 30.6 Å². The number of halogens is 2. The lowest BCUT2D eigenvalue weighted by Gasteiger charge is -2.25. The Bertz CT molecular complexity index is 2190. The van der Waals surface area contributed by atoms with Gasteiger partial charge in [0.25, 0.3) is 10.1 Å². The second-order valence-electron chi connectivity index (χ2n) is 11.6. The minimum atomic E-state index is -4.02. The molecular formula is C37H34ClFN4O6S. The number of fused-ring (bicyclic) bond motifs is 1. The zero-order valence-corrected chi connectivity index (χ0v) is 28.6. The van der Waals surface area contributed by atoms with Crippen molar-refractivity contribution in [3.05, 3.63) is 131 Å². The molecule has 7 rings (SSSR count). The summed E-state index contributed by atoms with van der Waals surface area (Å²) in [6.45, 7) is 6.13. The highest BCUT2D eigenvalue weighted by Gasteiger charge is 2.15. The van der Waals surface area contributed by atoms with Crippen LogP contribution in [0.2, 0.25) is 5.02 Å². The average molecular weight is 717 g/mol. The van der Waals surface area contributed by atoms with Crippen LogP contribution in [0.1, 0.15) is 16.9 Å². The molecule has 1 saturated heterocycles. The van der Waals surface area contributed by atoms with Gasteiger partial charge in [-0.2, -0.15) is 8.42 Å². The van der Waals surface area contributed by atoms with Crippen LogP contribution < -0.4 is 10.1 Å². The molecule has 258 valence electrons. The van der Waals surface area contributed by atoms with E-state index in [-0.39, 0.29) is 17.3 Å². The monoisotopic (exact) mass is 716 g/mol. The zero-order valence-electron chi connectivity index (χ0n) is 27.1. The Morgan fingerprint density at radius 3 is 2.50 bits per heavy atom. The molecule has 50 heavy (non-hydrogen) atoms. The van der Waals surface area contributed by atoms with Gasteiger partial charge in [0.1, 0.15) is 41.8 Å². The van der Waals surface area contributed by atoms with E-state index in [9.17, 15) is 12.8 Å². The van der Waals surface area contributed by atoms with Gasteiger partial charge in [0.15, 0.2) is 0 Å². The maximum Gasteiger partial charge on any atom is 0.294 e. The van der Waals surface area contributed by atoms with Gasteiger partial charge in [0.05, 0.1) is 35.2 Å². The van der Waals surface area contributed by atoms with E-state index in [2.05, 4.69) is 20.2 Å². The van der Waals surface area contributed by atoms with Crippen molar-refractivity contribution in [3.8, 4) is 17.1 Å². The fourth-order valence-corrected chi connectivity index (χ4v) is 5.95. The standard InChI is InChI=1S/C30H26ClFN4O3.C7H8O3S/c31-26-16-23(5-8-29(26)38-18-20-2-1-3-22(32)14-20)35-30-25-15-21(4-7-27(25)33-19-34-30)28-9-6-24(39-28)17-36-10-12-37-13-11-36;1-6-2-4-7(5-3-6)11(8,9)10/h1-9,14-16,19H,10-13,17-18H2,(H,33,34,35);2-5H,1H3,(H,8,9,10). The predicted octanol–water partition coefficient (Wildman–Crippen LogP) is 8.08. The number of nitrogens with one attached hydrogen (secondary N) is 1. The number of hydrogen-bond donors (Lipinski definition) is 2. The van der Waals surface area contributed by atoms with E-state index in [1.54, 1.807) is 36.4 Å². The van der Waals surface area contributed by atoms with Gasteiger partial charge in [-0.3, -0.25) is 9.45 Å². The Labute approximate surface area is 294 Å². The number of hydrogen-bond acceptors (Lipinski definition) is 9. The number of ether oxygens (including phenoxy) is 2. The molecule has 2 N–H and O–H groups in total. The highest BCUT2D eigenvalue weighted by molar-refractivity contribution is 7.85. The first kappa shape index (κ1) is 35.0. The number of anilines is 2. The van der Waals surface area contributed by atoms with E-state index < -0.39 is 10.1 Å². The van der Waals surface area contributed by atoms with Gasteiger partial charge in [-0.15, -0.1) is 0 Å². The van der Waals surface area contributed by atoms with E-state index in [0.29, 0.717) is 16.6 Å². The lowest BCUT2D eigenvalue weighted by Crippen LogP contribution is -2.35. The van der Waals surface area contributed by atoms with Gasteiger partial charge in [-0.25, -0.2) is 14.4 Å². The maximum atomic E-state index is 13.4. The maximum absolute atomic E-state index is 13.4. The molecule has 0 atom stereocenters. The zero-order chi connectivity index (χ0) is 35.1. The molecule has 0 unspecified atom stereocenters. The van der Waals surface area contributed by atoms with Crippen molar-refractivity contribution in [2.75, 3.05) is 31.6 Å². The summed E-state index contributed by atoms with van der Waals surface area (Å²) < 4.78 is 60.4. The van der Waals surface area contributed by atoms with Gasteiger partial charge in [-0.05, 0) is 85.3 Å². The van der Waals surface area contributed by atoms with Crippen molar-refractivity contribution >= 4 is 44.1 Å². The number of aromatic nitrogens is 2. The molecule has 0 bridgehead atoms. The Kier molecular flexibility index (Phi) is 11.1. The van der Waals surface area contributed by atoms with Crippen molar-refractivity contribution in [1.29, 1.82) is 0 Å². The number of furan rings is 1. The second-order valence-corrected chi connectivity index (χ2v) is 13.4. The summed E-state index contributed by atoms with van der Waals surface area (Å²) in [5.74, 6) is 2.56. The van der Waals surface area contributed by atoms with E-state index in [1.807, 2.05) is 43.3 Å². The van der Waals surface area contributed by atoms with Gasteiger partial charge >= 0.3 is 0 Å². The highest BCUT2D eigenvalue weighted by atomic mass is 35.5. The third kappa shape index (κ3) is 9.23. The molecule has 0 aliphatic carbocycles. The Hall–Kier alpha value is -4.85. The van der Waals surface area contributed by atoms with Crippen molar-refractivity contribution in [2.45, 2.75) is 25.0 Å². The van der Waals surface area contributed by atoms with E-state index in [0.717, 1.165) is 77.6 Å². The smallest absolute Gasteiger partial charge is 0.294 e. The summed E-state index contributed by atoms with van der Waals surface area (Å²) >= 11 is 6.49. The Balaban J connectivity index is 0.000000336. The SMILES string of the molecule is Cc1ccc(S(=O)(=O)O)cc1.Fc1cccc(COc2ccc(Nc3ncnc4ccc(-c5ccc(CN6CCOCC6)o5)cc34)cc2Cl)c1. The fourth-order valence-electron chi connectivity index (χ4n) is 5.24. The van der Waals surface area contributed by atoms with Crippen LogP contribution in [0.15, 0.2) is 113 Å². The van der Waals surface area contributed by atoms with Crippen molar-refractivity contribution in [1.82, 2.24) is 14.9 Å². The van der Waals surface area contributed by atoms with Crippen LogP contribution >= 0.6 is 11.6 Å². The van der Waals surface area contributed by atoms with Crippen LogP contribution in [0, 0.1) is 12.7 Å². The lowest BCUT2D eigenvalue weighted by molar-refractivity contribution is 0.0314. The van der Waals surface area contributed by atoms with Crippen LogP contribution in [0.4, 0.5) is 15.9 Å². The Morgan fingerprint density at radius 2 is 1.76 bits per heavy atom. The molecule has 13 heteroatoms. The summed E-state index contributed by atoms with van der Waals surface area (Å²) in [7, 11) is -4.02. The average Bonchev–Trinajstić information content (AvgIpc) is 3.57. The van der Waals surface area contributed by atoms with Crippen LogP contribution in [0.25, 0.3) is 22.2 Å². The van der Waals surface area contributed by atoms with Crippen molar-refractivity contribution in [3.63, 3.8) is 0 Å². The Morgan fingerprint density at radius 1 is 0.960 bits per heavy atom.